The minimum absolute atomic E-state index is 0.0866. The highest BCUT2D eigenvalue weighted by atomic mass is 19.3. The molecule has 98 valence electrons. The van der Waals surface area contributed by atoms with E-state index in [1.165, 1.54) is 0 Å². The third kappa shape index (κ3) is 5.72. The summed E-state index contributed by atoms with van der Waals surface area (Å²) in [6, 6.07) is 0.228. The molecule has 0 aromatic carbocycles. The van der Waals surface area contributed by atoms with Crippen molar-refractivity contribution in [1.29, 1.82) is 0 Å². The van der Waals surface area contributed by atoms with Gasteiger partial charge in [0, 0.05) is 19.1 Å². The quantitative estimate of drug-likeness (QED) is 0.666. The Morgan fingerprint density at radius 2 is 1.94 bits per heavy atom. The summed E-state index contributed by atoms with van der Waals surface area (Å²) in [6.07, 6.45) is -2.35. The van der Waals surface area contributed by atoms with Crippen LogP contribution in [0.4, 0.5) is 8.78 Å². The van der Waals surface area contributed by atoms with E-state index >= 15 is 0 Å². The zero-order valence-electron chi connectivity index (χ0n) is 10.6. The standard InChI is InChI=1S/C11H24F2N2O/c1-9(14-4)11(2,3)8-15(5-6-16)7-10(12)13/h9-10,14,16H,5-8H2,1-4H3. The lowest BCUT2D eigenvalue weighted by Gasteiger charge is -2.36. The van der Waals surface area contributed by atoms with Gasteiger partial charge in [0.15, 0.2) is 0 Å². The fourth-order valence-electron chi connectivity index (χ4n) is 1.68. The fourth-order valence-corrected chi connectivity index (χ4v) is 1.68. The molecule has 0 aliphatic carbocycles. The van der Waals surface area contributed by atoms with Crippen molar-refractivity contribution in [3.8, 4) is 0 Å². The minimum Gasteiger partial charge on any atom is -0.395 e. The Bertz CT molecular complexity index is 189. The first-order valence-electron chi connectivity index (χ1n) is 5.62. The van der Waals surface area contributed by atoms with Crippen molar-refractivity contribution in [2.45, 2.75) is 33.2 Å². The number of hydrogen-bond acceptors (Lipinski definition) is 3. The molecule has 0 aliphatic heterocycles. The molecule has 0 saturated heterocycles. The Morgan fingerprint density at radius 1 is 1.38 bits per heavy atom. The van der Waals surface area contributed by atoms with Crippen molar-refractivity contribution in [2.24, 2.45) is 5.41 Å². The van der Waals surface area contributed by atoms with Crippen molar-refractivity contribution in [3.63, 3.8) is 0 Å². The lowest BCUT2D eigenvalue weighted by atomic mass is 9.85. The predicted octanol–water partition coefficient (Wildman–Crippen LogP) is 1.18. The zero-order chi connectivity index (χ0) is 12.8. The van der Waals surface area contributed by atoms with Crippen LogP contribution >= 0.6 is 0 Å². The molecular formula is C11H24F2N2O. The van der Waals surface area contributed by atoms with Gasteiger partial charge < -0.3 is 10.4 Å². The number of halogens is 2. The lowest BCUT2D eigenvalue weighted by Crippen LogP contribution is -2.47. The summed E-state index contributed by atoms with van der Waals surface area (Å²) in [5.74, 6) is 0. The van der Waals surface area contributed by atoms with Gasteiger partial charge in [-0.3, -0.25) is 4.90 Å². The van der Waals surface area contributed by atoms with Crippen LogP contribution in [-0.4, -0.2) is 55.8 Å². The van der Waals surface area contributed by atoms with Gasteiger partial charge in [-0.2, -0.15) is 0 Å². The van der Waals surface area contributed by atoms with E-state index in [0.717, 1.165) is 0 Å². The summed E-state index contributed by atoms with van der Waals surface area (Å²) >= 11 is 0. The molecule has 1 unspecified atom stereocenters. The number of aliphatic hydroxyl groups is 1. The van der Waals surface area contributed by atoms with E-state index in [0.29, 0.717) is 13.1 Å². The van der Waals surface area contributed by atoms with Gasteiger partial charge in [0.05, 0.1) is 13.2 Å². The molecule has 0 amide bonds. The summed E-state index contributed by atoms with van der Waals surface area (Å²) in [6.45, 7) is 6.56. The molecule has 0 rings (SSSR count). The Labute approximate surface area is 96.8 Å². The molecule has 1 atom stereocenters. The predicted molar refractivity (Wildman–Crippen MR) is 61.8 cm³/mol. The average Bonchev–Trinajstić information content (AvgIpc) is 2.15. The molecule has 5 heteroatoms. The highest BCUT2D eigenvalue weighted by Crippen LogP contribution is 2.22. The topological polar surface area (TPSA) is 35.5 Å². The Morgan fingerprint density at radius 3 is 2.31 bits per heavy atom. The number of alkyl halides is 2. The summed E-state index contributed by atoms with van der Waals surface area (Å²) in [5.41, 5.74) is -0.112. The van der Waals surface area contributed by atoms with E-state index in [1.54, 1.807) is 4.90 Å². The van der Waals surface area contributed by atoms with Crippen LogP contribution in [0.1, 0.15) is 20.8 Å². The van der Waals surface area contributed by atoms with Crippen LogP contribution in [-0.2, 0) is 0 Å². The number of nitrogens with zero attached hydrogens (tertiary/aromatic N) is 1. The van der Waals surface area contributed by atoms with Crippen molar-refractivity contribution < 1.29 is 13.9 Å². The molecular weight excluding hydrogens is 214 g/mol. The maximum absolute atomic E-state index is 12.3. The molecule has 0 bridgehead atoms. The van der Waals surface area contributed by atoms with Crippen molar-refractivity contribution in [1.82, 2.24) is 10.2 Å². The van der Waals surface area contributed by atoms with Crippen LogP contribution < -0.4 is 5.32 Å². The number of hydrogen-bond donors (Lipinski definition) is 2. The Balaban J connectivity index is 4.35. The van der Waals surface area contributed by atoms with Gasteiger partial charge in [0.2, 0.25) is 0 Å². The number of aliphatic hydroxyl groups excluding tert-OH is 1. The third-order valence-electron chi connectivity index (χ3n) is 3.05. The molecule has 0 fully saturated rings. The van der Waals surface area contributed by atoms with Gasteiger partial charge in [-0.1, -0.05) is 13.8 Å². The van der Waals surface area contributed by atoms with Gasteiger partial charge >= 0.3 is 0 Å². The van der Waals surface area contributed by atoms with E-state index in [-0.39, 0.29) is 24.6 Å². The fraction of sp³-hybridized carbons (Fsp3) is 1.00. The number of nitrogens with one attached hydrogen (secondary N) is 1. The average molecular weight is 238 g/mol. The van der Waals surface area contributed by atoms with Crippen molar-refractivity contribution in [2.75, 3.05) is 33.3 Å². The van der Waals surface area contributed by atoms with E-state index in [9.17, 15) is 8.78 Å². The van der Waals surface area contributed by atoms with Crippen LogP contribution in [0.25, 0.3) is 0 Å². The number of rotatable bonds is 8. The molecule has 0 radical (unpaired) electrons. The van der Waals surface area contributed by atoms with E-state index in [1.807, 2.05) is 27.8 Å². The second-order valence-corrected chi connectivity index (χ2v) is 4.85. The molecule has 16 heavy (non-hydrogen) atoms. The Kier molecular flexibility index (Phi) is 7.03. The summed E-state index contributed by atoms with van der Waals surface area (Å²) in [4.78, 5) is 1.61. The summed E-state index contributed by atoms with van der Waals surface area (Å²) in [5, 5.41) is 12.0. The molecule has 3 nitrogen and oxygen atoms in total. The molecule has 0 heterocycles. The van der Waals surface area contributed by atoms with Gasteiger partial charge in [-0.15, -0.1) is 0 Å². The molecule has 0 aromatic heterocycles. The largest absolute Gasteiger partial charge is 0.395 e. The highest BCUT2D eigenvalue weighted by Gasteiger charge is 2.28. The molecule has 0 saturated carbocycles. The van der Waals surface area contributed by atoms with Crippen molar-refractivity contribution in [3.05, 3.63) is 0 Å². The first kappa shape index (κ1) is 15.7. The van der Waals surface area contributed by atoms with Crippen LogP contribution in [0.5, 0.6) is 0 Å². The normalized spacial score (nSPS) is 14.8. The monoisotopic (exact) mass is 238 g/mol. The minimum atomic E-state index is -2.35. The zero-order valence-corrected chi connectivity index (χ0v) is 10.6. The molecule has 0 aromatic rings. The van der Waals surface area contributed by atoms with Crippen LogP contribution in [0.3, 0.4) is 0 Å². The van der Waals surface area contributed by atoms with E-state index < -0.39 is 6.43 Å². The second-order valence-electron chi connectivity index (χ2n) is 4.85. The van der Waals surface area contributed by atoms with Crippen molar-refractivity contribution >= 4 is 0 Å². The molecule has 0 spiro atoms. The van der Waals surface area contributed by atoms with Crippen LogP contribution in [0.15, 0.2) is 0 Å². The Hall–Kier alpha value is -0.260. The van der Waals surface area contributed by atoms with Crippen LogP contribution in [0.2, 0.25) is 0 Å². The highest BCUT2D eigenvalue weighted by molar-refractivity contribution is 4.83. The SMILES string of the molecule is CNC(C)C(C)(C)CN(CCO)CC(F)F. The van der Waals surface area contributed by atoms with Gasteiger partial charge in [-0.25, -0.2) is 8.78 Å². The first-order valence-corrected chi connectivity index (χ1v) is 5.62. The smallest absolute Gasteiger partial charge is 0.251 e. The maximum atomic E-state index is 12.3. The summed E-state index contributed by atoms with van der Waals surface area (Å²) in [7, 11) is 1.86. The van der Waals surface area contributed by atoms with E-state index in [2.05, 4.69) is 5.32 Å². The van der Waals surface area contributed by atoms with Gasteiger partial charge in [0.25, 0.3) is 6.43 Å². The van der Waals surface area contributed by atoms with E-state index in [4.69, 9.17) is 5.11 Å². The summed E-state index contributed by atoms with van der Waals surface area (Å²) < 4.78 is 24.7. The third-order valence-corrected chi connectivity index (χ3v) is 3.05. The lowest BCUT2D eigenvalue weighted by molar-refractivity contribution is 0.0511. The second kappa shape index (κ2) is 7.14. The first-order chi connectivity index (χ1) is 7.33. The molecule has 0 aliphatic rings. The maximum Gasteiger partial charge on any atom is 0.251 e. The van der Waals surface area contributed by atoms with Gasteiger partial charge in [-0.05, 0) is 19.4 Å². The van der Waals surface area contributed by atoms with Crippen LogP contribution in [0, 0.1) is 5.41 Å². The molecule has 2 N–H and O–H groups in total. The van der Waals surface area contributed by atoms with Gasteiger partial charge in [0.1, 0.15) is 0 Å².